The summed E-state index contributed by atoms with van der Waals surface area (Å²) in [5, 5.41) is 61.8. The lowest BCUT2D eigenvalue weighted by atomic mass is 9.99. The highest BCUT2D eigenvalue weighted by Gasteiger charge is 2.46. The molecule has 0 aliphatic carbocycles. The van der Waals surface area contributed by atoms with Crippen LogP contribution in [0.15, 0.2) is 0 Å². The minimum atomic E-state index is -1.22. The molecule has 3 rings (SSSR count). The molecule has 3 heterocycles. The molecule has 0 aromatic heterocycles. The number of aliphatic hydroxyl groups is 7. The van der Waals surface area contributed by atoms with Crippen LogP contribution in [0.2, 0.25) is 0 Å². The molecule has 8 atom stereocenters. The maximum absolute atomic E-state index is 9.69. The first kappa shape index (κ1) is 27.8. The molecule has 0 spiro atoms. The number of halogens is 1. The minimum absolute atomic E-state index is 0. The van der Waals surface area contributed by atoms with E-state index in [1.807, 2.05) is 0 Å². The van der Waals surface area contributed by atoms with Gasteiger partial charge in [0.25, 0.3) is 0 Å². The zero-order valence-electron chi connectivity index (χ0n) is 16.1. The molecule has 28 heavy (non-hydrogen) atoms. The molecule has 11 nitrogen and oxygen atoms in total. The van der Waals surface area contributed by atoms with Crippen LogP contribution >= 0.6 is 12.4 Å². The number of hydrogen-bond acceptors (Lipinski definition) is 11. The smallest absolute Gasteiger partial charge is 0.163 e. The van der Waals surface area contributed by atoms with Gasteiger partial charge in [0.2, 0.25) is 0 Å². The van der Waals surface area contributed by atoms with Crippen molar-refractivity contribution < 1.29 is 54.7 Å². The number of fused-ring (bicyclic) bond motifs is 1. The van der Waals surface area contributed by atoms with Gasteiger partial charge in [-0.15, -0.1) is 12.4 Å². The van der Waals surface area contributed by atoms with Crippen LogP contribution in [0.5, 0.6) is 0 Å². The zero-order chi connectivity index (χ0) is 20.8. The van der Waals surface area contributed by atoms with E-state index in [0.29, 0.717) is 6.61 Å². The summed E-state index contributed by atoms with van der Waals surface area (Å²) in [7, 11) is 1.00. The molecule has 0 radical (unpaired) electrons. The van der Waals surface area contributed by atoms with Crippen molar-refractivity contribution in [1.82, 2.24) is 0 Å². The molecule has 0 aromatic carbocycles. The van der Waals surface area contributed by atoms with E-state index in [1.54, 1.807) is 13.8 Å². The van der Waals surface area contributed by atoms with E-state index in [1.165, 1.54) is 0 Å². The summed E-state index contributed by atoms with van der Waals surface area (Å²) in [5.74, 6) is -0.720. The molecule has 3 saturated heterocycles. The normalized spacial score (nSPS) is 41.8. The quantitative estimate of drug-likeness (QED) is 0.219. The van der Waals surface area contributed by atoms with E-state index >= 15 is 0 Å². The van der Waals surface area contributed by atoms with E-state index in [2.05, 4.69) is 0 Å². The van der Waals surface area contributed by atoms with Gasteiger partial charge in [-0.25, -0.2) is 0 Å². The monoisotopic (exact) mass is 436 g/mol. The maximum Gasteiger partial charge on any atom is 0.163 e. The van der Waals surface area contributed by atoms with Crippen LogP contribution in [0.1, 0.15) is 13.8 Å². The van der Waals surface area contributed by atoms with E-state index in [0.717, 1.165) is 7.11 Å². The topological polar surface area (TPSA) is 179 Å². The van der Waals surface area contributed by atoms with E-state index in [4.69, 9.17) is 44.5 Å². The van der Waals surface area contributed by atoms with Crippen LogP contribution in [0.4, 0.5) is 0 Å². The van der Waals surface area contributed by atoms with Crippen molar-refractivity contribution in [3.05, 3.63) is 0 Å². The molecular weight excluding hydrogens is 404 g/mol. The van der Waals surface area contributed by atoms with Crippen molar-refractivity contribution >= 4 is 12.4 Å². The lowest BCUT2D eigenvalue weighted by Gasteiger charge is -2.46. The van der Waals surface area contributed by atoms with Crippen LogP contribution in [0.3, 0.4) is 0 Å². The third-order valence-electron chi connectivity index (χ3n) is 4.38. The van der Waals surface area contributed by atoms with Gasteiger partial charge >= 0.3 is 0 Å². The van der Waals surface area contributed by atoms with E-state index < -0.39 is 48.5 Å². The van der Waals surface area contributed by atoms with Gasteiger partial charge in [-0.05, 0) is 13.8 Å². The fourth-order valence-electron chi connectivity index (χ4n) is 2.82. The Morgan fingerprint density at radius 1 is 0.821 bits per heavy atom. The van der Waals surface area contributed by atoms with Crippen LogP contribution in [0, 0.1) is 0 Å². The Kier molecular flexibility index (Phi) is 12.5. The number of rotatable bonds is 1. The third kappa shape index (κ3) is 7.27. The second-order valence-electron chi connectivity index (χ2n) is 6.83. The van der Waals surface area contributed by atoms with Gasteiger partial charge in [0.1, 0.15) is 48.8 Å². The standard InChI is InChI=1S/C9H16O5.C6H12O5.CH4O.ClH/c1-9(2)13-4-6-8(14-9)7(11)5(10)3-12-6;7-1-4-6(10)5(9)3(8)2-11-4;1-2;/h5-8,10-11H,3-4H2,1-2H3;3-10H,1-2H2;2H,1H3;1H/t5-,6+,7-,8-;3-,4+,5-,6-;;/m00../s1. The molecule has 0 bridgehead atoms. The Balaban J connectivity index is 0.000000474. The van der Waals surface area contributed by atoms with E-state index in [-0.39, 0.29) is 38.3 Å². The van der Waals surface area contributed by atoms with Gasteiger partial charge in [0.05, 0.1) is 26.4 Å². The summed E-state index contributed by atoms with van der Waals surface area (Å²) in [6.45, 7) is 3.67. The largest absolute Gasteiger partial charge is 0.400 e. The van der Waals surface area contributed by atoms with Gasteiger partial charge in [0, 0.05) is 7.11 Å². The predicted molar refractivity (Wildman–Crippen MR) is 96.9 cm³/mol. The van der Waals surface area contributed by atoms with Gasteiger partial charge in [-0.2, -0.15) is 0 Å². The van der Waals surface area contributed by atoms with Crippen molar-refractivity contribution in [3.63, 3.8) is 0 Å². The highest BCUT2D eigenvalue weighted by atomic mass is 35.5. The Labute approximate surface area is 169 Å². The molecule has 3 fully saturated rings. The maximum atomic E-state index is 9.69. The summed E-state index contributed by atoms with van der Waals surface area (Å²) >= 11 is 0. The molecule has 3 aliphatic rings. The molecule has 0 amide bonds. The first-order valence-corrected chi connectivity index (χ1v) is 8.67. The summed E-state index contributed by atoms with van der Waals surface area (Å²) in [5.41, 5.74) is 0. The van der Waals surface area contributed by atoms with Gasteiger partial charge in [0.15, 0.2) is 5.79 Å². The lowest BCUT2D eigenvalue weighted by molar-refractivity contribution is -0.346. The summed E-state index contributed by atoms with van der Waals surface area (Å²) in [6, 6.07) is 0. The van der Waals surface area contributed by atoms with Gasteiger partial charge < -0.3 is 54.7 Å². The Morgan fingerprint density at radius 2 is 1.36 bits per heavy atom. The highest BCUT2D eigenvalue weighted by molar-refractivity contribution is 5.85. The summed E-state index contributed by atoms with van der Waals surface area (Å²) < 4.78 is 21.0. The average molecular weight is 437 g/mol. The van der Waals surface area contributed by atoms with Crippen molar-refractivity contribution in [2.75, 3.05) is 33.5 Å². The van der Waals surface area contributed by atoms with Crippen molar-refractivity contribution in [1.29, 1.82) is 0 Å². The molecule has 0 unspecified atom stereocenters. The molecule has 0 aromatic rings. The lowest BCUT2D eigenvalue weighted by Crippen LogP contribution is -2.61. The summed E-state index contributed by atoms with van der Waals surface area (Å²) in [6.07, 6.45) is -6.81. The minimum Gasteiger partial charge on any atom is -0.400 e. The Bertz CT molecular complexity index is 423. The van der Waals surface area contributed by atoms with Crippen LogP contribution < -0.4 is 0 Å². The van der Waals surface area contributed by atoms with Crippen molar-refractivity contribution in [2.45, 2.75) is 68.5 Å². The fraction of sp³-hybridized carbons (Fsp3) is 1.00. The van der Waals surface area contributed by atoms with Crippen LogP contribution in [-0.2, 0) is 18.9 Å². The number of aliphatic hydroxyl groups excluding tert-OH is 7. The Hall–Kier alpha value is -0.150. The average Bonchev–Trinajstić information content (AvgIpc) is 2.65. The predicted octanol–water partition coefficient (Wildman–Crippen LogP) is -3.25. The van der Waals surface area contributed by atoms with Crippen molar-refractivity contribution in [2.24, 2.45) is 0 Å². The number of ether oxygens (including phenoxy) is 4. The first-order chi connectivity index (χ1) is 12.7. The first-order valence-electron chi connectivity index (χ1n) is 8.67. The molecule has 170 valence electrons. The van der Waals surface area contributed by atoms with Gasteiger partial charge in [-0.3, -0.25) is 0 Å². The second-order valence-corrected chi connectivity index (χ2v) is 6.83. The fourth-order valence-corrected chi connectivity index (χ4v) is 2.82. The summed E-state index contributed by atoms with van der Waals surface area (Å²) in [4.78, 5) is 0. The van der Waals surface area contributed by atoms with E-state index in [9.17, 15) is 10.2 Å². The Morgan fingerprint density at radius 3 is 1.93 bits per heavy atom. The third-order valence-corrected chi connectivity index (χ3v) is 4.38. The highest BCUT2D eigenvalue weighted by Crippen LogP contribution is 2.29. The van der Waals surface area contributed by atoms with Crippen LogP contribution in [-0.4, -0.2) is 124 Å². The SMILES string of the molecule is CC1(C)OC[C@H]2OC[C@H](O)[C@H](O)[C@H]2O1.CO.Cl.OC[C@H]1OC[C@H](O)[C@H](O)[C@H]1O. The second kappa shape index (κ2) is 12.5. The molecule has 7 N–H and O–H groups in total. The van der Waals surface area contributed by atoms with Crippen LogP contribution in [0.25, 0.3) is 0 Å². The molecule has 12 heteroatoms. The molecule has 0 saturated carbocycles. The molecule has 3 aliphatic heterocycles. The zero-order valence-corrected chi connectivity index (χ0v) is 16.9. The van der Waals surface area contributed by atoms with Gasteiger partial charge in [-0.1, -0.05) is 0 Å². The molecular formula is C16H33ClO11. The number of hydrogen-bond donors (Lipinski definition) is 7. The van der Waals surface area contributed by atoms with Crippen molar-refractivity contribution in [3.8, 4) is 0 Å².